The van der Waals surface area contributed by atoms with Crippen LogP contribution >= 0.6 is 0 Å². The van der Waals surface area contributed by atoms with Gasteiger partial charge in [0, 0.05) is 29.8 Å². The Labute approximate surface area is 290 Å². The minimum atomic E-state index is -4.49. The highest BCUT2D eigenvalue weighted by atomic mass is 19.4. The van der Waals surface area contributed by atoms with Crippen molar-refractivity contribution in [3.63, 3.8) is 0 Å². The second-order valence-corrected chi connectivity index (χ2v) is 13.0. The summed E-state index contributed by atoms with van der Waals surface area (Å²) in [6, 6.07) is 10.8. The normalized spacial score (nSPS) is 13.6. The summed E-state index contributed by atoms with van der Waals surface area (Å²) in [4.78, 5) is 23.9. The Morgan fingerprint density at radius 1 is 1.10 bits per heavy atom. The molecule has 1 aliphatic carbocycles. The van der Waals surface area contributed by atoms with Gasteiger partial charge in [0.25, 0.3) is 0 Å². The highest BCUT2D eigenvalue weighted by Crippen LogP contribution is 2.42. The van der Waals surface area contributed by atoms with Crippen molar-refractivity contribution in [1.82, 2.24) is 15.3 Å². The summed E-state index contributed by atoms with van der Waals surface area (Å²) >= 11 is 0. The van der Waals surface area contributed by atoms with Crippen LogP contribution in [0.15, 0.2) is 41.5 Å². The van der Waals surface area contributed by atoms with Crippen LogP contribution in [0.4, 0.5) is 13.2 Å². The number of benzene rings is 1. The van der Waals surface area contributed by atoms with Crippen molar-refractivity contribution in [2.75, 3.05) is 6.61 Å². The first-order valence-corrected chi connectivity index (χ1v) is 16.8. The minimum absolute atomic E-state index is 0. The Balaban J connectivity index is 0.000000343. The summed E-state index contributed by atoms with van der Waals surface area (Å²) in [6.45, 7) is 12.7. The molecule has 49 heavy (non-hydrogen) atoms. The molecule has 1 unspecified atom stereocenters. The number of nitrogens with zero attached hydrogens (tertiary/aromatic N) is 4. The second-order valence-electron chi connectivity index (χ2n) is 13.0. The lowest BCUT2D eigenvalue weighted by Crippen LogP contribution is -2.27. The molecule has 3 aromatic rings. The Morgan fingerprint density at radius 2 is 1.78 bits per heavy atom. The van der Waals surface area contributed by atoms with E-state index in [0.717, 1.165) is 68.6 Å². The van der Waals surface area contributed by atoms with E-state index < -0.39 is 11.9 Å². The van der Waals surface area contributed by atoms with Gasteiger partial charge in [-0.25, -0.2) is 9.97 Å². The average molecular weight is 680 g/mol. The molecule has 1 amide bonds. The molecule has 0 radical (unpaired) electrons. The summed E-state index contributed by atoms with van der Waals surface area (Å²) in [7, 11) is 0. The van der Waals surface area contributed by atoms with Gasteiger partial charge in [-0.3, -0.25) is 9.79 Å². The first-order chi connectivity index (χ1) is 22.8. The number of carbonyl (C=O) groups excluding carboxylic acids is 1. The van der Waals surface area contributed by atoms with E-state index in [4.69, 9.17) is 15.4 Å². The zero-order chi connectivity index (χ0) is 35.4. The quantitative estimate of drug-likeness (QED) is 0.106. The average Bonchev–Trinajstić information content (AvgIpc) is 3.88. The molecule has 1 atom stereocenters. The van der Waals surface area contributed by atoms with E-state index in [-0.39, 0.29) is 26.0 Å². The molecule has 1 aliphatic rings. The molecule has 2 aromatic heterocycles. The number of amidine groups is 1. The van der Waals surface area contributed by atoms with Crippen molar-refractivity contribution in [2.45, 2.75) is 118 Å². The van der Waals surface area contributed by atoms with Crippen molar-refractivity contribution in [1.29, 1.82) is 5.26 Å². The zero-order valence-electron chi connectivity index (χ0n) is 28.9. The number of aliphatic hydroxyl groups is 1. The van der Waals surface area contributed by atoms with Gasteiger partial charge in [0.05, 0.1) is 11.7 Å². The third kappa shape index (κ3) is 12.1. The lowest BCUT2D eigenvalue weighted by molar-refractivity contribution is -0.141. The molecule has 0 bridgehead atoms. The van der Waals surface area contributed by atoms with E-state index in [0.29, 0.717) is 35.1 Å². The number of carbonyl (C=O) groups is 1. The van der Waals surface area contributed by atoms with E-state index in [1.54, 1.807) is 6.20 Å². The van der Waals surface area contributed by atoms with Gasteiger partial charge in [0.2, 0.25) is 6.41 Å². The maximum atomic E-state index is 13.1. The number of halogens is 3. The van der Waals surface area contributed by atoms with Gasteiger partial charge in [-0.05, 0) is 118 Å². The van der Waals surface area contributed by atoms with E-state index in [1.807, 2.05) is 13.0 Å². The Kier molecular flexibility index (Phi) is 16.1. The van der Waals surface area contributed by atoms with Crippen LogP contribution in [0, 0.1) is 38.0 Å². The van der Waals surface area contributed by atoms with Crippen LogP contribution in [0.25, 0.3) is 11.1 Å². The Bertz CT molecular complexity index is 1580. The maximum Gasteiger partial charge on any atom is 0.433 e. The molecule has 0 spiro atoms. The first kappa shape index (κ1) is 41.1. The monoisotopic (exact) mass is 679 g/mol. The predicted molar refractivity (Wildman–Crippen MR) is 190 cm³/mol. The third-order valence-corrected chi connectivity index (χ3v) is 8.33. The molecule has 0 saturated heterocycles. The number of nitrogens with one attached hydrogen (secondary N) is 1. The fourth-order valence-corrected chi connectivity index (χ4v) is 5.82. The summed E-state index contributed by atoms with van der Waals surface area (Å²) in [5, 5.41) is 20.5. The van der Waals surface area contributed by atoms with Gasteiger partial charge in [0.1, 0.15) is 23.3 Å². The molecule has 4 rings (SSSR count). The second kappa shape index (κ2) is 19.2. The number of aryl methyl sites for hydroxylation is 4. The lowest BCUT2D eigenvalue weighted by atomic mass is 9.92. The van der Waals surface area contributed by atoms with E-state index in [9.17, 15) is 18.0 Å². The molecule has 7 nitrogen and oxygen atoms in total. The van der Waals surface area contributed by atoms with Crippen LogP contribution in [-0.2, 0) is 17.4 Å². The molecule has 1 fully saturated rings. The molecule has 1 aromatic carbocycles. The highest BCUT2D eigenvalue weighted by Gasteiger charge is 2.36. The van der Waals surface area contributed by atoms with Crippen LogP contribution in [0.1, 0.15) is 124 Å². The van der Waals surface area contributed by atoms with Crippen molar-refractivity contribution in [3.05, 3.63) is 81.4 Å². The SMILES string of the molecule is C.CCCC(CCC(C)C)N=C(NC=O)c1ccc(C(F)(F)F)nc1C1CC1.Cc1cc(-c2c(C)cc(CCCO)cc2C)cnc1C#N. The number of amides is 1. The molecule has 2 heterocycles. The largest absolute Gasteiger partial charge is 0.433 e. The number of aliphatic hydroxyl groups excluding tert-OH is 1. The van der Waals surface area contributed by atoms with Gasteiger partial charge >= 0.3 is 6.18 Å². The van der Waals surface area contributed by atoms with E-state index in [2.05, 4.69) is 68.1 Å². The number of pyridine rings is 2. The van der Waals surface area contributed by atoms with Gasteiger partial charge in [-0.1, -0.05) is 46.8 Å². The number of aliphatic imine (C=N–C) groups is 1. The number of rotatable bonds is 13. The van der Waals surface area contributed by atoms with Crippen LogP contribution < -0.4 is 5.32 Å². The van der Waals surface area contributed by atoms with Crippen LogP contribution in [0.5, 0.6) is 0 Å². The Morgan fingerprint density at radius 3 is 2.29 bits per heavy atom. The number of aromatic nitrogens is 2. The zero-order valence-corrected chi connectivity index (χ0v) is 28.9. The Hall–Kier alpha value is -4.10. The van der Waals surface area contributed by atoms with Crippen LogP contribution in [0.3, 0.4) is 0 Å². The summed E-state index contributed by atoms with van der Waals surface area (Å²) in [5.41, 5.74) is 7.26. The van der Waals surface area contributed by atoms with Crippen molar-refractivity contribution >= 4 is 12.2 Å². The number of alkyl halides is 3. The van der Waals surface area contributed by atoms with Crippen molar-refractivity contribution in [2.24, 2.45) is 10.9 Å². The maximum absolute atomic E-state index is 13.1. The molecule has 266 valence electrons. The molecular formula is C39H52F3N5O2. The smallest absolute Gasteiger partial charge is 0.396 e. The topological polar surface area (TPSA) is 111 Å². The number of hydrogen-bond donors (Lipinski definition) is 2. The first-order valence-electron chi connectivity index (χ1n) is 16.8. The fraction of sp³-hybridized carbons (Fsp3) is 0.513. The van der Waals surface area contributed by atoms with Gasteiger partial charge in [-0.2, -0.15) is 18.4 Å². The predicted octanol–water partition coefficient (Wildman–Crippen LogP) is 9.18. The molecule has 0 aliphatic heterocycles. The lowest BCUT2D eigenvalue weighted by Gasteiger charge is -2.18. The van der Waals surface area contributed by atoms with Gasteiger partial charge in [0.15, 0.2) is 0 Å². The van der Waals surface area contributed by atoms with E-state index >= 15 is 0 Å². The fourth-order valence-electron chi connectivity index (χ4n) is 5.82. The highest BCUT2D eigenvalue weighted by molar-refractivity contribution is 6.04. The van der Waals surface area contributed by atoms with Crippen LogP contribution in [0.2, 0.25) is 0 Å². The molecule has 2 N–H and O–H groups in total. The van der Waals surface area contributed by atoms with Crippen molar-refractivity contribution in [3.8, 4) is 17.2 Å². The number of nitriles is 1. The van der Waals surface area contributed by atoms with Gasteiger partial charge < -0.3 is 10.4 Å². The minimum Gasteiger partial charge on any atom is -0.396 e. The third-order valence-electron chi connectivity index (χ3n) is 8.33. The van der Waals surface area contributed by atoms with E-state index in [1.165, 1.54) is 28.3 Å². The molecule has 10 heteroatoms. The molecular weight excluding hydrogens is 627 g/mol. The van der Waals surface area contributed by atoms with Crippen LogP contribution in [-0.4, -0.2) is 40.0 Å². The summed E-state index contributed by atoms with van der Waals surface area (Å²) in [6.07, 6.45) is 4.80. The molecule has 1 saturated carbocycles. The standard InChI is InChI=1S/C20H28F3N3O.C18H20N2O.CH4/c1-4-5-15(9-6-13(2)3)25-19(24-12-27)16-10-11-17(20(21,22)23)26-18(16)14-7-8-14;1-12-9-16(11-20-17(12)10-19)18-13(2)7-15(5-4-6-21)8-14(18)3;/h10-15H,4-9H2,1-3H3,(H,24,25,27);7-9,11,21H,4-6H2,1-3H3;1H4. The summed E-state index contributed by atoms with van der Waals surface area (Å²) in [5.74, 6) is 0.869. The van der Waals surface area contributed by atoms with Crippen molar-refractivity contribution < 1.29 is 23.1 Å². The summed E-state index contributed by atoms with van der Waals surface area (Å²) < 4.78 is 39.2. The van der Waals surface area contributed by atoms with Gasteiger partial charge in [-0.15, -0.1) is 0 Å². The number of hydrogen-bond acceptors (Lipinski definition) is 6.